The summed E-state index contributed by atoms with van der Waals surface area (Å²) in [4.78, 5) is 23.1. The Bertz CT molecular complexity index is 574. The van der Waals surface area contributed by atoms with Crippen LogP contribution in [0.25, 0.3) is 0 Å². The highest BCUT2D eigenvalue weighted by Gasteiger charge is 2.44. The number of nitrogens with zero attached hydrogens (tertiary/aromatic N) is 3. The van der Waals surface area contributed by atoms with Crippen LogP contribution in [-0.2, 0) is 21.4 Å². The van der Waals surface area contributed by atoms with Crippen molar-refractivity contribution in [2.75, 3.05) is 39.0 Å². The summed E-state index contributed by atoms with van der Waals surface area (Å²) >= 11 is 5.69. The van der Waals surface area contributed by atoms with Crippen molar-refractivity contribution in [2.45, 2.75) is 44.7 Å². The Labute approximate surface area is 167 Å². The van der Waals surface area contributed by atoms with E-state index in [1.807, 2.05) is 10.0 Å². The van der Waals surface area contributed by atoms with E-state index in [4.69, 9.17) is 16.9 Å². The molecule has 2 aliphatic rings. The second-order valence-electron chi connectivity index (χ2n) is 7.07. The quantitative estimate of drug-likeness (QED) is 0.487. The third-order valence-electron chi connectivity index (χ3n) is 4.54. The number of carboxylic acids is 1. The van der Waals surface area contributed by atoms with E-state index < -0.39 is 37.2 Å². The number of halogens is 3. The number of hydrogen-bond acceptors (Lipinski definition) is 5. The Hall–Kier alpha value is -0.780. The lowest BCUT2D eigenvalue weighted by atomic mass is 10.2. The minimum atomic E-state index is -5.16. The second kappa shape index (κ2) is 10.3. The average Bonchev–Trinajstić information content (AvgIpc) is 2.60. The zero-order chi connectivity index (χ0) is 20.8. The SMILES string of the molecule is O=C(O)CN(CP(=S)(NN1CCCCC1)NN1CCCCC1)C(=O)C(F)(F)F. The Morgan fingerprint density at radius 2 is 1.39 bits per heavy atom. The molecule has 2 saturated heterocycles. The number of carbonyl (C=O) groups is 2. The van der Waals surface area contributed by atoms with Crippen molar-refractivity contribution >= 4 is 30.0 Å². The highest BCUT2D eigenvalue weighted by molar-refractivity contribution is 8.12. The van der Waals surface area contributed by atoms with Crippen LogP contribution in [0.5, 0.6) is 0 Å². The van der Waals surface area contributed by atoms with Gasteiger partial charge in [0.2, 0.25) is 0 Å². The third-order valence-corrected chi connectivity index (χ3v) is 7.33. The van der Waals surface area contributed by atoms with Crippen LogP contribution < -0.4 is 10.4 Å². The number of hydrogen-bond donors (Lipinski definition) is 3. The molecule has 0 radical (unpaired) electrons. The topological polar surface area (TPSA) is 88.2 Å². The lowest BCUT2D eigenvalue weighted by Gasteiger charge is -2.40. The average molecular weight is 445 g/mol. The molecule has 0 aromatic rings. The minimum Gasteiger partial charge on any atom is -0.480 e. The van der Waals surface area contributed by atoms with Crippen molar-refractivity contribution in [3.05, 3.63) is 0 Å². The van der Waals surface area contributed by atoms with Crippen molar-refractivity contribution in [3.63, 3.8) is 0 Å². The predicted molar refractivity (Wildman–Crippen MR) is 102 cm³/mol. The van der Waals surface area contributed by atoms with Crippen molar-refractivity contribution in [1.29, 1.82) is 0 Å². The molecule has 0 spiro atoms. The van der Waals surface area contributed by atoms with Gasteiger partial charge in [-0.25, -0.2) is 20.4 Å². The van der Waals surface area contributed by atoms with Crippen molar-refractivity contribution in [2.24, 2.45) is 0 Å². The summed E-state index contributed by atoms with van der Waals surface area (Å²) in [6.07, 6.45) is -2.76. The maximum absolute atomic E-state index is 13.0. The molecule has 28 heavy (non-hydrogen) atoms. The van der Waals surface area contributed by atoms with Crippen LogP contribution in [0.2, 0.25) is 0 Å². The first-order valence-electron chi connectivity index (χ1n) is 9.32. The summed E-state index contributed by atoms with van der Waals surface area (Å²) < 4.78 is 38.9. The number of carbonyl (C=O) groups excluding carboxylic acids is 1. The molecule has 2 aliphatic heterocycles. The molecular formula is C15H27F3N5O3PS. The summed E-state index contributed by atoms with van der Waals surface area (Å²) in [7, 11) is 0. The summed E-state index contributed by atoms with van der Waals surface area (Å²) in [5.74, 6) is -3.71. The van der Waals surface area contributed by atoms with Gasteiger partial charge in [-0.15, -0.1) is 0 Å². The lowest BCUT2D eigenvalue weighted by Crippen LogP contribution is -2.52. The van der Waals surface area contributed by atoms with Crippen LogP contribution in [0.4, 0.5) is 13.2 Å². The van der Waals surface area contributed by atoms with Gasteiger partial charge in [0.1, 0.15) is 12.9 Å². The molecule has 0 aliphatic carbocycles. The minimum absolute atomic E-state index is 0.289. The number of amides is 1. The van der Waals surface area contributed by atoms with E-state index >= 15 is 0 Å². The molecule has 0 aromatic heterocycles. The normalized spacial score (nSPS) is 20.1. The van der Waals surface area contributed by atoms with Gasteiger partial charge in [0.25, 0.3) is 0 Å². The fraction of sp³-hybridized carbons (Fsp3) is 0.867. The van der Waals surface area contributed by atoms with E-state index in [0.717, 1.165) is 38.5 Å². The van der Waals surface area contributed by atoms with Gasteiger partial charge >= 0.3 is 18.1 Å². The van der Waals surface area contributed by atoms with E-state index in [1.165, 1.54) is 0 Å². The highest BCUT2D eigenvalue weighted by Crippen LogP contribution is 2.40. The molecule has 0 saturated carbocycles. The molecule has 2 rings (SSSR count). The van der Waals surface area contributed by atoms with Gasteiger partial charge in [-0.05, 0) is 25.7 Å². The number of rotatable bonds is 8. The van der Waals surface area contributed by atoms with Crippen LogP contribution in [0.15, 0.2) is 0 Å². The van der Waals surface area contributed by atoms with Gasteiger partial charge in [0.05, 0.1) is 6.29 Å². The Balaban J connectivity index is 2.19. The molecule has 0 aromatic carbocycles. The number of aliphatic carboxylic acids is 1. The van der Waals surface area contributed by atoms with E-state index in [0.29, 0.717) is 26.2 Å². The number of hydrazine groups is 2. The second-order valence-corrected chi connectivity index (χ2v) is 11.1. The third kappa shape index (κ3) is 7.57. The fourth-order valence-electron chi connectivity index (χ4n) is 3.30. The maximum atomic E-state index is 13.0. The van der Waals surface area contributed by atoms with E-state index in [9.17, 15) is 22.8 Å². The van der Waals surface area contributed by atoms with Crippen molar-refractivity contribution in [1.82, 2.24) is 25.3 Å². The summed E-state index contributed by atoms with van der Waals surface area (Å²) in [5, 5.41) is 19.0. The highest BCUT2D eigenvalue weighted by atomic mass is 32.4. The Morgan fingerprint density at radius 3 is 1.75 bits per heavy atom. The number of carboxylic acid groups (broad SMARTS) is 1. The first-order valence-corrected chi connectivity index (χ1v) is 12.3. The Morgan fingerprint density at radius 1 is 0.964 bits per heavy atom. The molecule has 13 heteroatoms. The van der Waals surface area contributed by atoms with Crippen LogP contribution in [0.3, 0.4) is 0 Å². The summed E-state index contributed by atoms with van der Waals surface area (Å²) in [6, 6.07) is 0. The van der Waals surface area contributed by atoms with Gasteiger partial charge in [-0.1, -0.05) is 24.6 Å². The molecule has 8 nitrogen and oxygen atoms in total. The van der Waals surface area contributed by atoms with Crippen molar-refractivity contribution in [3.8, 4) is 0 Å². The molecule has 0 bridgehead atoms. The Kier molecular flexibility index (Phi) is 8.65. The fourth-order valence-corrected chi connectivity index (χ4v) is 6.60. The first kappa shape index (κ1) is 23.5. The zero-order valence-corrected chi connectivity index (χ0v) is 17.3. The van der Waals surface area contributed by atoms with Crippen LogP contribution in [0.1, 0.15) is 38.5 Å². The zero-order valence-electron chi connectivity index (χ0n) is 15.6. The smallest absolute Gasteiger partial charge is 0.471 e. The van der Waals surface area contributed by atoms with E-state index in [-0.39, 0.29) is 4.90 Å². The maximum Gasteiger partial charge on any atom is 0.471 e. The summed E-state index contributed by atoms with van der Waals surface area (Å²) in [6.45, 7) is 1.75. The van der Waals surface area contributed by atoms with E-state index in [2.05, 4.69) is 10.4 Å². The number of piperidine rings is 2. The van der Waals surface area contributed by atoms with Crippen molar-refractivity contribution < 1.29 is 27.9 Å². The molecule has 2 fully saturated rings. The summed E-state index contributed by atoms with van der Waals surface area (Å²) in [5.41, 5.74) is 0. The number of alkyl halides is 3. The molecule has 2 heterocycles. The van der Waals surface area contributed by atoms with E-state index in [1.54, 1.807) is 0 Å². The van der Waals surface area contributed by atoms with Crippen LogP contribution in [0, 0.1) is 0 Å². The van der Waals surface area contributed by atoms with Gasteiger partial charge in [-0.2, -0.15) is 13.2 Å². The van der Waals surface area contributed by atoms with Crippen LogP contribution >= 0.6 is 6.34 Å². The molecule has 1 amide bonds. The standard InChI is InChI=1S/C15H27F3N5O3PS/c16-15(17,18)14(26)21(11-13(24)25)12-27(28,19-22-7-3-1-4-8-22)20-23-9-5-2-6-10-23/h1-12H2,(H,24,25)(H2,19,20,28). The first-order chi connectivity index (χ1) is 13.1. The lowest BCUT2D eigenvalue weighted by molar-refractivity contribution is -0.185. The molecule has 0 unspecified atom stereocenters. The van der Waals surface area contributed by atoms with Gasteiger partial charge in [0, 0.05) is 26.2 Å². The van der Waals surface area contributed by atoms with Gasteiger partial charge in [0.15, 0.2) is 0 Å². The van der Waals surface area contributed by atoms with Crippen LogP contribution in [-0.4, -0.2) is 77.1 Å². The monoisotopic (exact) mass is 445 g/mol. The number of nitrogens with one attached hydrogen (secondary N) is 2. The van der Waals surface area contributed by atoms with Gasteiger partial charge in [-0.3, -0.25) is 9.59 Å². The molecule has 3 N–H and O–H groups in total. The largest absolute Gasteiger partial charge is 0.480 e. The molecule has 162 valence electrons. The molecule has 0 atom stereocenters. The molecular weight excluding hydrogens is 418 g/mol. The predicted octanol–water partition coefficient (Wildman–Crippen LogP) is 1.71. The van der Waals surface area contributed by atoms with Gasteiger partial charge < -0.3 is 10.0 Å².